The largest absolute Gasteiger partial charge is 0.497 e. The molecule has 0 radical (unpaired) electrons. The maximum Gasteiger partial charge on any atom is 0.124 e. The zero-order chi connectivity index (χ0) is 23.3. The first-order valence-corrected chi connectivity index (χ1v) is 10.8. The lowest BCUT2D eigenvalue weighted by atomic mass is 10.1. The Bertz CT molecular complexity index is 883. The van der Waals surface area contributed by atoms with Gasteiger partial charge in [0.15, 0.2) is 0 Å². The van der Waals surface area contributed by atoms with Crippen LogP contribution in [0.1, 0.15) is 32.3 Å². The minimum absolute atomic E-state index is 0.00272. The number of rotatable bonds is 11. The summed E-state index contributed by atoms with van der Waals surface area (Å²) in [5, 5.41) is 12.3. The minimum Gasteiger partial charge on any atom is -0.497 e. The van der Waals surface area contributed by atoms with Gasteiger partial charge in [0.05, 0.1) is 25.9 Å². The second kappa shape index (κ2) is 13.3. The molecule has 0 amide bonds. The number of benzene rings is 1. The van der Waals surface area contributed by atoms with Crippen molar-refractivity contribution < 1.29 is 14.6 Å². The van der Waals surface area contributed by atoms with Crippen LogP contribution in [0.2, 0.25) is 0 Å². The van der Waals surface area contributed by atoms with Gasteiger partial charge in [0.1, 0.15) is 11.6 Å². The van der Waals surface area contributed by atoms with Gasteiger partial charge < -0.3 is 31.4 Å². The third-order valence-electron chi connectivity index (χ3n) is 4.77. The molecule has 2 atom stereocenters. The molecule has 1 aromatic carbocycles. The van der Waals surface area contributed by atoms with Crippen molar-refractivity contribution in [2.24, 2.45) is 21.5 Å². The summed E-state index contributed by atoms with van der Waals surface area (Å²) in [6, 6.07) is 7.37. The van der Waals surface area contributed by atoms with Crippen molar-refractivity contribution in [2.75, 3.05) is 26.9 Å². The third-order valence-corrected chi connectivity index (χ3v) is 4.77. The number of aliphatic hydroxyl groups is 1. The Labute approximate surface area is 190 Å². The molecule has 0 saturated carbocycles. The lowest BCUT2D eigenvalue weighted by Crippen LogP contribution is -2.20. The van der Waals surface area contributed by atoms with Gasteiger partial charge in [0.2, 0.25) is 0 Å². The Morgan fingerprint density at radius 3 is 2.91 bits per heavy atom. The Kier molecular flexibility index (Phi) is 10.5. The lowest BCUT2D eigenvalue weighted by molar-refractivity contribution is 0.136. The van der Waals surface area contributed by atoms with Gasteiger partial charge in [-0.3, -0.25) is 4.99 Å². The van der Waals surface area contributed by atoms with E-state index in [2.05, 4.69) is 15.3 Å². The Morgan fingerprint density at radius 2 is 2.22 bits per heavy atom. The molecule has 174 valence electrons. The van der Waals surface area contributed by atoms with Crippen molar-refractivity contribution in [3.8, 4) is 5.75 Å². The quantitative estimate of drug-likeness (QED) is 0.390. The van der Waals surface area contributed by atoms with Crippen LogP contribution in [0.3, 0.4) is 0 Å². The van der Waals surface area contributed by atoms with Crippen LogP contribution in [-0.2, 0) is 4.74 Å². The number of hydrogen-bond acceptors (Lipinski definition) is 8. The highest BCUT2D eigenvalue weighted by molar-refractivity contribution is 5.94. The topological polar surface area (TPSA) is 127 Å². The predicted octanol–water partition coefficient (Wildman–Crippen LogP) is 2.36. The average Bonchev–Trinajstić information content (AvgIpc) is 3.32. The van der Waals surface area contributed by atoms with Crippen LogP contribution in [0.25, 0.3) is 5.70 Å². The van der Waals surface area contributed by atoms with E-state index in [0.717, 1.165) is 36.5 Å². The third kappa shape index (κ3) is 8.56. The van der Waals surface area contributed by atoms with Crippen LogP contribution in [-0.4, -0.2) is 56.0 Å². The summed E-state index contributed by atoms with van der Waals surface area (Å²) in [4.78, 5) is 9.08. The molecule has 2 unspecified atom stereocenters. The van der Waals surface area contributed by atoms with E-state index >= 15 is 0 Å². The van der Waals surface area contributed by atoms with Crippen molar-refractivity contribution >= 4 is 17.6 Å². The maximum atomic E-state index is 9.17. The molecule has 8 heteroatoms. The molecule has 8 nitrogen and oxygen atoms in total. The van der Waals surface area contributed by atoms with E-state index in [1.165, 1.54) is 0 Å². The molecule has 0 bridgehead atoms. The van der Waals surface area contributed by atoms with Crippen LogP contribution >= 0.6 is 0 Å². The first-order chi connectivity index (χ1) is 15.4. The standard InChI is InChI=1S/C24H35N5O3/c1-17(27-10-9-21(25)19-6-4-7-20(16-19)31-3)15-24(28-11-12-30)29-18(2)14-22(26)23-8-5-13-32-23/h4,6-7,9-10,14-17,23,28,30H,5,8,11-13,25-26H2,1-3H3/b21-9-,22-14-,24-15-,27-10?,29-18+. The van der Waals surface area contributed by atoms with E-state index in [1.807, 2.05) is 50.3 Å². The fourth-order valence-electron chi connectivity index (χ4n) is 3.15. The van der Waals surface area contributed by atoms with Gasteiger partial charge in [-0.05, 0) is 57.0 Å². The Hall–Kier alpha value is -3.10. The monoisotopic (exact) mass is 441 g/mol. The van der Waals surface area contributed by atoms with Crippen LogP contribution in [0.15, 0.2) is 64.0 Å². The number of allylic oxidation sites excluding steroid dienone is 2. The van der Waals surface area contributed by atoms with Crippen molar-refractivity contribution in [1.29, 1.82) is 0 Å². The van der Waals surface area contributed by atoms with Gasteiger partial charge in [-0.25, -0.2) is 4.99 Å². The molecule has 0 aromatic heterocycles. The van der Waals surface area contributed by atoms with E-state index in [4.69, 9.17) is 20.9 Å². The second-order valence-electron chi connectivity index (χ2n) is 7.49. The first-order valence-electron chi connectivity index (χ1n) is 10.8. The molecule has 0 spiro atoms. The summed E-state index contributed by atoms with van der Waals surface area (Å²) in [6.45, 7) is 4.94. The molecule has 1 aromatic rings. The molecular formula is C24H35N5O3. The highest BCUT2D eigenvalue weighted by Crippen LogP contribution is 2.17. The van der Waals surface area contributed by atoms with E-state index in [-0.39, 0.29) is 18.8 Å². The van der Waals surface area contributed by atoms with Gasteiger partial charge >= 0.3 is 0 Å². The average molecular weight is 442 g/mol. The smallest absolute Gasteiger partial charge is 0.124 e. The van der Waals surface area contributed by atoms with Crippen LogP contribution in [0, 0.1) is 0 Å². The van der Waals surface area contributed by atoms with E-state index in [0.29, 0.717) is 23.8 Å². The molecule has 0 aliphatic carbocycles. The fourth-order valence-corrected chi connectivity index (χ4v) is 3.15. The molecule has 2 rings (SSSR count). The van der Waals surface area contributed by atoms with Crippen LogP contribution < -0.4 is 21.5 Å². The SMILES string of the molecule is COc1cccc(/C(N)=C/C=NC(C)\C=C(/N=C(C)/C=C(\N)C2CCCO2)NCCO)c1. The highest BCUT2D eigenvalue weighted by Gasteiger charge is 2.17. The van der Waals surface area contributed by atoms with Crippen molar-refractivity contribution in [1.82, 2.24) is 5.32 Å². The molecule has 1 heterocycles. The number of nitrogens with two attached hydrogens (primary N) is 2. The van der Waals surface area contributed by atoms with Gasteiger partial charge in [-0.2, -0.15) is 0 Å². The molecule has 6 N–H and O–H groups in total. The molecule has 1 saturated heterocycles. The van der Waals surface area contributed by atoms with E-state index < -0.39 is 0 Å². The highest BCUT2D eigenvalue weighted by atomic mass is 16.5. The minimum atomic E-state index is -0.165. The zero-order valence-electron chi connectivity index (χ0n) is 19.1. The lowest BCUT2D eigenvalue weighted by Gasteiger charge is -2.11. The van der Waals surface area contributed by atoms with E-state index in [1.54, 1.807) is 19.4 Å². The summed E-state index contributed by atoms with van der Waals surface area (Å²) in [7, 11) is 1.62. The van der Waals surface area contributed by atoms with Gasteiger partial charge in [0.25, 0.3) is 0 Å². The van der Waals surface area contributed by atoms with E-state index in [9.17, 15) is 5.11 Å². The number of methoxy groups -OCH3 is 1. The van der Waals surface area contributed by atoms with Crippen molar-refractivity contribution in [2.45, 2.75) is 38.8 Å². The van der Waals surface area contributed by atoms with Crippen molar-refractivity contribution in [3.63, 3.8) is 0 Å². The van der Waals surface area contributed by atoms with Crippen LogP contribution in [0.4, 0.5) is 0 Å². The predicted molar refractivity (Wildman–Crippen MR) is 131 cm³/mol. The first kappa shape index (κ1) is 25.2. The molecule has 32 heavy (non-hydrogen) atoms. The molecule has 1 aliphatic rings. The summed E-state index contributed by atoms with van der Waals surface area (Å²) in [6.07, 6.45) is 9.04. The normalized spacial score (nSPS) is 19.4. The number of hydrogen-bond donors (Lipinski definition) is 4. The number of nitrogens with one attached hydrogen (secondary N) is 1. The summed E-state index contributed by atoms with van der Waals surface area (Å²) >= 11 is 0. The Morgan fingerprint density at radius 1 is 1.41 bits per heavy atom. The van der Waals surface area contributed by atoms with Gasteiger partial charge in [-0.15, -0.1) is 0 Å². The van der Waals surface area contributed by atoms with Crippen LogP contribution in [0.5, 0.6) is 5.75 Å². The second-order valence-corrected chi connectivity index (χ2v) is 7.49. The van der Waals surface area contributed by atoms with Gasteiger partial charge in [-0.1, -0.05) is 12.1 Å². The maximum absolute atomic E-state index is 9.17. The van der Waals surface area contributed by atoms with Crippen molar-refractivity contribution in [3.05, 3.63) is 59.6 Å². The number of aliphatic hydroxyl groups excluding tert-OH is 1. The summed E-state index contributed by atoms with van der Waals surface area (Å²) in [5.74, 6) is 1.36. The Balaban J connectivity index is 2.09. The number of aliphatic imine (C=N–C) groups is 2. The van der Waals surface area contributed by atoms with Gasteiger partial charge in [0, 0.05) is 42.0 Å². The molecule has 1 fully saturated rings. The molecular weight excluding hydrogens is 406 g/mol. The number of nitrogens with zero attached hydrogens (tertiary/aromatic N) is 2. The molecule has 1 aliphatic heterocycles. The summed E-state index contributed by atoms with van der Waals surface area (Å²) < 4.78 is 10.8. The number of ether oxygens (including phenoxy) is 2. The fraction of sp³-hybridized carbons (Fsp3) is 0.417. The summed E-state index contributed by atoms with van der Waals surface area (Å²) in [5.41, 5.74) is 15.2. The zero-order valence-corrected chi connectivity index (χ0v) is 19.1.